The Morgan fingerprint density at radius 3 is 2.39 bits per heavy atom. The first-order valence-corrected chi connectivity index (χ1v) is 12.8. The van der Waals surface area contributed by atoms with Gasteiger partial charge in [0, 0.05) is 26.1 Å². The van der Waals surface area contributed by atoms with Gasteiger partial charge < -0.3 is 29.6 Å². The predicted molar refractivity (Wildman–Crippen MR) is 132 cm³/mol. The number of halogens is 1. The summed E-state index contributed by atoms with van der Waals surface area (Å²) < 4.78 is 35.3. The monoisotopic (exact) mass is 517 g/mol. The number of methoxy groups -OCH3 is 1. The van der Waals surface area contributed by atoms with Gasteiger partial charge in [0.05, 0.1) is 24.4 Å². The zero-order valence-corrected chi connectivity index (χ0v) is 22.3. The molecule has 1 saturated carbocycles. The van der Waals surface area contributed by atoms with E-state index < -0.39 is 11.7 Å². The number of epoxide rings is 1. The van der Waals surface area contributed by atoms with Gasteiger partial charge in [-0.05, 0) is 57.9 Å². The number of alkyl carbamates (subject to hydrolysis) is 1. The number of rotatable bonds is 16. The van der Waals surface area contributed by atoms with Crippen molar-refractivity contribution in [3.8, 4) is 0 Å². The summed E-state index contributed by atoms with van der Waals surface area (Å²) in [6.07, 6.45) is 5.71. The Morgan fingerprint density at radius 2 is 1.81 bits per heavy atom. The number of carbonyl (C=O) groups excluding carboxylic acids is 2. The zero-order valence-electron chi connectivity index (χ0n) is 22.3. The number of hydrogen-bond donors (Lipinski definition) is 3. The highest BCUT2D eigenvalue weighted by Gasteiger charge is 2.64. The Balaban J connectivity index is 1.73. The molecule has 0 aromatic carbocycles. The summed E-state index contributed by atoms with van der Waals surface area (Å²) in [6.45, 7) is 10.1. The van der Waals surface area contributed by atoms with E-state index in [1.807, 2.05) is 25.4 Å². The second kappa shape index (κ2) is 14.8. The highest BCUT2D eigenvalue weighted by molar-refractivity contribution is 5.77. The fourth-order valence-corrected chi connectivity index (χ4v) is 4.95. The SMILES string of the molecule is COC1C(OC(=O)NCCCCCCNC(=O)CNOF)CC[C@]2(CO2)C1C(C)(C)OCC=C(C)C. The van der Waals surface area contributed by atoms with E-state index in [0.717, 1.165) is 32.1 Å². The number of unbranched alkanes of at least 4 members (excludes halogenated alkanes) is 3. The van der Waals surface area contributed by atoms with Crippen LogP contribution in [0.5, 0.6) is 0 Å². The molecule has 1 aliphatic carbocycles. The molecule has 1 heterocycles. The van der Waals surface area contributed by atoms with Gasteiger partial charge in [0.1, 0.15) is 18.8 Å². The normalized spacial score (nSPS) is 25.3. The van der Waals surface area contributed by atoms with Crippen LogP contribution in [0.15, 0.2) is 11.6 Å². The number of hydroxylamine groups is 1. The Bertz CT molecular complexity index is 726. The van der Waals surface area contributed by atoms with Crippen LogP contribution in [-0.2, 0) is 28.8 Å². The first-order valence-electron chi connectivity index (χ1n) is 12.8. The molecule has 1 aliphatic heterocycles. The Hall–Kier alpha value is -1.79. The van der Waals surface area contributed by atoms with Crippen molar-refractivity contribution in [1.29, 1.82) is 0 Å². The van der Waals surface area contributed by atoms with Crippen LogP contribution in [0, 0.1) is 5.92 Å². The minimum absolute atomic E-state index is 0.0760. The van der Waals surface area contributed by atoms with E-state index in [9.17, 15) is 14.1 Å². The van der Waals surface area contributed by atoms with E-state index in [1.54, 1.807) is 7.11 Å². The van der Waals surface area contributed by atoms with E-state index in [2.05, 4.69) is 29.5 Å². The predicted octanol–water partition coefficient (Wildman–Crippen LogP) is 3.12. The van der Waals surface area contributed by atoms with Crippen molar-refractivity contribution in [3.05, 3.63) is 11.6 Å². The van der Waals surface area contributed by atoms with E-state index >= 15 is 0 Å². The van der Waals surface area contributed by atoms with Crippen LogP contribution in [0.1, 0.15) is 66.2 Å². The summed E-state index contributed by atoms with van der Waals surface area (Å²) in [5.74, 6) is -0.411. The van der Waals surface area contributed by atoms with Gasteiger partial charge in [0.2, 0.25) is 5.91 Å². The molecule has 36 heavy (non-hydrogen) atoms. The van der Waals surface area contributed by atoms with Crippen molar-refractivity contribution in [2.45, 2.75) is 89.6 Å². The van der Waals surface area contributed by atoms with E-state index in [1.165, 1.54) is 5.57 Å². The van der Waals surface area contributed by atoms with Crippen molar-refractivity contribution in [1.82, 2.24) is 16.1 Å². The number of amides is 2. The van der Waals surface area contributed by atoms with Gasteiger partial charge >= 0.3 is 6.09 Å². The molecular weight excluding hydrogens is 473 g/mol. The minimum atomic E-state index is -0.529. The number of nitrogens with one attached hydrogen (secondary N) is 3. The number of ether oxygens (including phenoxy) is 4. The lowest BCUT2D eigenvalue weighted by molar-refractivity contribution is -0.193. The maximum Gasteiger partial charge on any atom is 0.407 e. The van der Waals surface area contributed by atoms with Crippen molar-refractivity contribution in [2.24, 2.45) is 5.92 Å². The summed E-state index contributed by atoms with van der Waals surface area (Å²) in [4.78, 5) is 23.8. The molecule has 208 valence electrons. The average molecular weight is 518 g/mol. The summed E-state index contributed by atoms with van der Waals surface area (Å²) in [6, 6.07) is 0. The molecule has 11 heteroatoms. The molecule has 2 rings (SSSR count). The molecule has 4 atom stereocenters. The molecule has 3 unspecified atom stereocenters. The van der Waals surface area contributed by atoms with Crippen molar-refractivity contribution < 1.29 is 38.1 Å². The summed E-state index contributed by atoms with van der Waals surface area (Å²) in [5.41, 5.74) is 2.21. The Kier molecular flexibility index (Phi) is 12.5. The molecule has 0 aromatic heterocycles. The van der Waals surface area contributed by atoms with Gasteiger partial charge in [-0.1, -0.05) is 29.5 Å². The third-order valence-electron chi connectivity index (χ3n) is 6.84. The van der Waals surface area contributed by atoms with E-state index in [0.29, 0.717) is 32.7 Å². The lowest BCUT2D eigenvalue weighted by atomic mass is 9.68. The van der Waals surface area contributed by atoms with Gasteiger partial charge in [-0.3, -0.25) is 4.79 Å². The van der Waals surface area contributed by atoms with Crippen LogP contribution < -0.4 is 16.1 Å². The second-order valence-electron chi connectivity index (χ2n) is 10.3. The summed E-state index contributed by atoms with van der Waals surface area (Å²) in [7, 11) is 1.65. The number of carbonyl (C=O) groups is 2. The van der Waals surface area contributed by atoms with Crippen molar-refractivity contribution >= 4 is 12.0 Å². The summed E-state index contributed by atoms with van der Waals surface area (Å²) >= 11 is 0. The van der Waals surface area contributed by atoms with Crippen molar-refractivity contribution in [3.63, 3.8) is 0 Å². The molecule has 3 N–H and O–H groups in total. The second-order valence-corrected chi connectivity index (χ2v) is 10.3. The highest BCUT2D eigenvalue weighted by atomic mass is 19.3. The minimum Gasteiger partial charge on any atom is -0.443 e. The molecule has 0 aromatic rings. The number of hydrogen-bond acceptors (Lipinski definition) is 8. The van der Waals surface area contributed by atoms with Crippen LogP contribution in [0.4, 0.5) is 9.32 Å². The smallest absolute Gasteiger partial charge is 0.407 e. The molecule has 0 bridgehead atoms. The Morgan fingerprint density at radius 1 is 1.14 bits per heavy atom. The third-order valence-corrected chi connectivity index (χ3v) is 6.84. The van der Waals surface area contributed by atoms with E-state index in [4.69, 9.17) is 18.9 Å². The Labute approximate surface area is 213 Å². The quantitative estimate of drug-likeness (QED) is 0.124. The van der Waals surface area contributed by atoms with Crippen LogP contribution in [0.2, 0.25) is 0 Å². The summed E-state index contributed by atoms with van der Waals surface area (Å²) in [5, 5.41) is 8.62. The van der Waals surface area contributed by atoms with E-state index in [-0.39, 0.29) is 36.2 Å². The molecule has 0 radical (unpaired) electrons. The zero-order chi connectivity index (χ0) is 26.6. The topological polar surface area (TPSA) is 120 Å². The van der Waals surface area contributed by atoms with Crippen LogP contribution in [-0.4, -0.2) is 75.4 Å². The fraction of sp³-hybridized carbons (Fsp3) is 0.840. The first kappa shape index (κ1) is 30.4. The van der Waals surface area contributed by atoms with Gasteiger partial charge in [0.25, 0.3) is 0 Å². The van der Waals surface area contributed by atoms with Gasteiger partial charge in [-0.25, -0.2) is 4.79 Å². The molecule has 2 fully saturated rings. The molecule has 2 aliphatic rings. The molecule has 1 saturated heterocycles. The third kappa shape index (κ3) is 9.59. The van der Waals surface area contributed by atoms with Gasteiger partial charge in [-0.15, -0.1) is 0 Å². The average Bonchev–Trinajstić information content (AvgIpc) is 3.59. The largest absolute Gasteiger partial charge is 0.443 e. The lowest BCUT2D eigenvalue weighted by Crippen LogP contribution is -2.59. The maximum absolute atomic E-state index is 12.5. The standard InChI is InChI=1S/C25H44FN3O7/c1-18(2)11-15-33-24(3,4)22-21(32-5)19(10-12-25(22)17-34-25)35-23(31)28-14-9-7-6-8-13-27-20(30)16-29-36-26/h11,19,21-22,29H,6-10,12-17H2,1-5H3,(H,27,30)(H,28,31)/t19?,21?,22?,25-/m0/s1. The highest BCUT2D eigenvalue weighted by Crippen LogP contribution is 2.52. The van der Waals surface area contributed by atoms with Crippen LogP contribution in [0.25, 0.3) is 0 Å². The van der Waals surface area contributed by atoms with Crippen molar-refractivity contribution in [2.75, 3.05) is 40.0 Å². The first-order chi connectivity index (χ1) is 17.1. The maximum atomic E-state index is 12.5. The van der Waals surface area contributed by atoms with Gasteiger partial charge in [0.15, 0.2) is 0 Å². The molecule has 1 spiro atoms. The molecule has 10 nitrogen and oxygen atoms in total. The fourth-order valence-electron chi connectivity index (χ4n) is 4.95. The molecule has 2 amide bonds. The van der Waals surface area contributed by atoms with Crippen LogP contribution >= 0.6 is 0 Å². The molecular formula is C25H44FN3O7. The lowest BCUT2D eigenvalue weighted by Gasteiger charge is -2.47. The van der Waals surface area contributed by atoms with Gasteiger partial charge in [-0.2, -0.15) is 5.48 Å². The number of allylic oxidation sites excluding steroid dienone is 1. The van der Waals surface area contributed by atoms with Crippen LogP contribution in [0.3, 0.4) is 0 Å².